The van der Waals surface area contributed by atoms with E-state index >= 15 is 0 Å². The number of hydrogen-bond acceptors (Lipinski definition) is 5. The summed E-state index contributed by atoms with van der Waals surface area (Å²) in [5.74, 6) is 2.21. The maximum Gasteiger partial charge on any atom is 0.306 e. The van der Waals surface area contributed by atoms with Gasteiger partial charge >= 0.3 is 5.97 Å². The molecule has 150 valence electrons. The fourth-order valence-corrected chi connectivity index (χ4v) is 5.53. The standard InChI is InChI=1S/C22H27NO5/c24-20(13-26-21(25)11-16-10-14-3-4-15(16)9-14)23-17-5-6-18-19(12-17)28-22(27-18)7-1-2-8-22/h5-6,12,14-16H,1-4,7-11,13H2,(H,23,24)/t14-,15+,16-/m0/s1. The van der Waals surface area contributed by atoms with E-state index in [0.717, 1.165) is 43.8 Å². The van der Waals surface area contributed by atoms with Gasteiger partial charge in [-0.2, -0.15) is 0 Å². The van der Waals surface area contributed by atoms with Crippen molar-refractivity contribution in [3.8, 4) is 11.5 Å². The summed E-state index contributed by atoms with van der Waals surface area (Å²) in [5.41, 5.74) is 0.617. The molecule has 0 unspecified atom stereocenters. The number of hydrogen-bond donors (Lipinski definition) is 1. The van der Waals surface area contributed by atoms with Crippen LogP contribution in [0, 0.1) is 17.8 Å². The number of carbonyl (C=O) groups excluding carboxylic acids is 2. The van der Waals surface area contributed by atoms with Crippen LogP contribution < -0.4 is 14.8 Å². The van der Waals surface area contributed by atoms with Crippen LogP contribution in [0.4, 0.5) is 5.69 Å². The molecule has 5 rings (SSSR count). The van der Waals surface area contributed by atoms with Gasteiger partial charge in [0.25, 0.3) is 11.7 Å². The lowest BCUT2D eigenvalue weighted by Crippen LogP contribution is -2.34. The van der Waals surface area contributed by atoms with Crippen molar-refractivity contribution >= 4 is 17.6 Å². The highest BCUT2D eigenvalue weighted by atomic mass is 16.7. The molecule has 3 aliphatic carbocycles. The average Bonchev–Trinajstić information content (AvgIpc) is 3.44. The van der Waals surface area contributed by atoms with Crippen molar-refractivity contribution in [2.24, 2.45) is 17.8 Å². The first-order chi connectivity index (χ1) is 13.6. The quantitative estimate of drug-likeness (QED) is 0.775. The molecule has 1 aromatic carbocycles. The minimum atomic E-state index is -0.514. The molecule has 0 radical (unpaired) electrons. The molecule has 1 heterocycles. The number of anilines is 1. The number of nitrogens with one attached hydrogen (secondary N) is 1. The van der Waals surface area contributed by atoms with E-state index in [1.165, 1.54) is 19.3 Å². The smallest absolute Gasteiger partial charge is 0.306 e. The van der Waals surface area contributed by atoms with Crippen molar-refractivity contribution < 1.29 is 23.8 Å². The summed E-state index contributed by atoms with van der Waals surface area (Å²) in [6.45, 7) is -0.252. The second kappa shape index (κ2) is 6.98. The highest BCUT2D eigenvalue weighted by Crippen LogP contribution is 2.49. The number of esters is 1. The van der Waals surface area contributed by atoms with Crippen LogP contribution in [0.1, 0.15) is 57.8 Å². The van der Waals surface area contributed by atoms with E-state index in [-0.39, 0.29) is 18.5 Å². The summed E-state index contributed by atoms with van der Waals surface area (Å²) in [7, 11) is 0. The number of benzene rings is 1. The fraction of sp³-hybridized carbons (Fsp3) is 0.636. The fourth-order valence-electron chi connectivity index (χ4n) is 5.53. The minimum Gasteiger partial charge on any atom is -0.456 e. The van der Waals surface area contributed by atoms with Crippen LogP contribution in [0.15, 0.2) is 18.2 Å². The molecule has 6 heteroatoms. The van der Waals surface area contributed by atoms with E-state index in [1.54, 1.807) is 12.1 Å². The molecule has 4 aliphatic rings. The minimum absolute atomic E-state index is 0.252. The van der Waals surface area contributed by atoms with Gasteiger partial charge in [0, 0.05) is 31.0 Å². The number of amides is 1. The Morgan fingerprint density at radius 1 is 1.11 bits per heavy atom. The largest absolute Gasteiger partial charge is 0.456 e. The van der Waals surface area contributed by atoms with Gasteiger partial charge < -0.3 is 19.5 Å². The third kappa shape index (κ3) is 3.45. The van der Waals surface area contributed by atoms with Gasteiger partial charge in [-0.1, -0.05) is 6.42 Å². The molecular weight excluding hydrogens is 358 g/mol. The van der Waals surface area contributed by atoms with Crippen LogP contribution in [0.25, 0.3) is 0 Å². The molecule has 1 aromatic rings. The van der Waals surface area contributed by atoms with Gasteiger partial charge in [0.2, 0.25) is 0 Å². The Morgan fingerprint density at radius 2 is 1.93 bits per heavy atom. The summed E-state index contributed by atoms with van der Waals surface area (Å²) in [6, 6.07) is 5.38. The maximum absolute atomic E-state index is 12.2. The zero-order valence-electron chi connectivity index (χ0n) is 16.1. The number of carbonyl (C=O) groups is 2. The summed E-state index contributed by atoms with van der Waals surface area (Å²) in [5, 5.41) is 2.77. The molecule has 3 atom stereocenters. The van der Waals surface area contributed by atoms with Crippen molar-refractivity contribution in [3.05, 3.63) is 18.2 Å². The van der Waals surface area contributed by atoms with Gasteiger partial charge in [0.05, 0.1) is 0 Å². The van der Waals surface area contributed by atoms with E-state index in [0.29, 0.717) is 29.7 Å². The summed E-state index contributed by atoms with van der Waals surface area (Å²) >= 11 is 0. The summed E-state index contributed by atoms with van der Waals surface area (Å²) < 4.78 is 17.2. The van der Waals surface area contributed by atoms with Crippen molar-refractivity contribution in [1.29, 1.82) is 0 Å². The van der Waals surface area contributed by atoms with Crippen LogP contribution in [0.3, 0.4) is 0 Å². The Kier molecular flexibility index (Phi) is 4.44. The van der Waals surface area contributed by atoms with Gasteiger partial charge in [-0.15, -0.1) is 0 Å². The monoisotopic (exact) mass is 385 g/mol. The Bertz CT molecular complexity index is 785. The molecular formula is C22H27NO5. The van der Waals surface area contributed by atoms with Gasteiger partial charge in [-0.05, 0) is 62.0 Å². The van der Waals surface area contributed by atoms with Crippen LogP contribution >= 0.6 is 0 Å². The number of rotatable bonds is 5. The molecule has 1 aliphatic heterocycles. The van der Waals surface area contributed by atoms with Crippen molar-refractivity contribution in [1.82, 2.24) is 0 Å². The van der Waals surface area contributed by atoms with E-state index < -0.39 is 5.79 Å². The first-order valence-electron chi connectivity index (χ1n) is 10.6. The Labute approximate surface area is 164 Å². The number of ether oxygens (including phenoxy) is 3. The highest BCUT2D eigenvalue weighted by Gasteiger charge is 2.44. The first-order valence-corrected chi connectivity index (χ1v) is 10.6. The second-order valence-electron chi connectivity index (χ2n) is 8.83. The topological polar surface area (TPSA) is 73.9 Å². The van der Waals surface area contributed by atoms with Crippen molar-refractivity contribution in [3.63, 3.8) is 0 Å². The number of fused-ring (bicyclic) bond motifs is 3. The van der Waals surface area contributed by atoms with Crippen LogP contribution in [-0.4, -0.2) is 24.3 Å². The molecule has 0 saturated heterocycles. The molecule has 28 heavy (non-hydrogen) atoms. The van der Waals surface area contributed by atoms with Crippen molar-refractivity contribution in [2.75, 3.05) is 11.9 Å². The maximum atomic E-state index is 12.2. The summed E-state index contributed by atoms with van der Waals surface area (Å²) in [4.78, 5) is 24.3. The first kappa shape index (κ1) is 17.8. The zero-order chi connectivity index (χ0) is 19.1. The van der Waals surface area contributed by atoms with E-state index in [2.05, 4.69) is 5.32 Å². The van der Waals surface area contributed by atoms with Crippen LogP contribution in [-0.2, 0) is 14.3 Å². The molecule has 1 spiro atoms. The summed E-state index contributed by atoms with van der Waals surface area (Å²) in [6.07, 6.45) is 9.40. The van der Waals surface area contributed by atoms with E-state index in [4.69, 9.17) is 14.2 Å². The molecule has 6 nitrogen and oxygen atoms in total. The molecule has 1 amide bonds. The molecule has 0 aromatic heterocycles. The third-order valence-electron chi connectivity index (χ3n) is 6.86. The normalized spacial score (nSPS) is 28.6. The molecule has 2 bridgehead atoms. The third-order valence-corrected chi connectivity index (χ3v) is 6.86. The lowest BCUT2D eigenvalue weighted by Gasteiger charge is -2.21. The molecule has 3 saturated carbocycles. The highest BCUT2D eigenvalue weighted by molar-refractivity contribution is 5.93. The van der Waals surface area contributed by atoms with E-state index in [1.807, 2.05) is 6.07 Å². The SMILES string of the molecule is O=C(COC(=O)C[C@@H]1C[C@H]2CC[C@@H]1C2)Nc1ccc2c(c1)OC1(CCCC1)O2. The zero-order valence-corrected chi connectivity index (χ0v) is 16.1. The van der Waals surface area contributed by atoms with Crippen LogP contribution in [0.2, 0.25) is 0 Å². The lowest BCUT2D eigenvalue weighted by molar-refractivity contribution is -0.148. The van der Waals surface area contributed by atoms with Crippen LogP contribution in [0.5, 0.6) is 11.5 Å². The van der Waals surface area contributed by atoms with Gasteiger partial charge in [0.15, 0.2) is 18.1 Å². The van der Waals surface area contributed by atoms with Gasteiger partial charge in [-0.25, -0.2) is 0 Å². The Balaban J connectivity index is 1.10. The second-order valence-corrected chi connectivity index (χ2v) is 8.83. The molecule has 1 N–H and O–H groups in total. The van der Waals surface area contributed by atoms with Gasteiger partial charge in [0.1, 0.15) is 0 Å². The average molecular weight is 385 g/mol. The Morgan fingerprint density at radius 3 is 2.68 bits per heavy atom. The van der Waals surface area contributed by atoms with E-state index in [9.17, 15) is 9.59 Å². The predicted octanol–water partition coefficient (Wildman–Crippen LogP) is 4.04. The van der Waals surface area contributed by atoms with Gasteiger partial charge in [-0.3, -0.25) is 9.59 Å². The molecule has 3 fully saturated rings. The lowest BCUT2D eigenvalue weighted by atomic mass is 9.86. The van der Waals surface area contributed by atoms with Crippen molar-refractivity contribution in [2.45, 2.75) is 63.6 Å². The predicted molar refractivity (Wildman–Crippen MR) is 102 cm³/mol. The Hall–Kier alpha value is -2.24.